The van der Waals surface area contributed by atoms with Crippen LogP contribution in [0, 0.1) is 5.92 Å². The third-order valence-electron chi connectivity index (χ3n) is 3.06. The highest BCUT2D eigenvalue weighted by molar-refractivity contribution is 9.11. The second-order valence-corrected chi connectivity index (χ2v) is 6.06. The number of halogens is 2. The molecule has 1 atom stereocenters. The summed E-state index contributed by atoms with van der Waals surface area (Å²) in [5.74, 6) is 0.729. The lowest BCUT2D eigenvalue weighted by molar-refractivity contribution is 0.414. The smallest absolute Gasteiger partial charge is 0.0298 e. The van der Waals surface area contributed by atoms with Gasteiger partial charge in [-0.2, -0.15) is 0 Å². The summed E-state index contributed by atoms with van der Waals surface area (Å²) in [7, 11) is 0. The Labute approximate surface area is 115 Å². The molecular formula is C13H19Br2N. The third-order valence-corrected chi connectivity index (χ3v) is 3.97. The zero-order valence-corrected chi connectivity index (χ0v) is 13.0. The van der Waals surface area contributed by atoms with Crippen molar-refractivity contribution >= 4 is 31.9 Å². The van der Waals surface area contributed by atoms with E-state index < -0.39 is 0 Å². The molecule has 0 aliphatic carbocycles. The fourth-order valence-electron chi connectivity index (χ4n) is 1.91. The second kappa shape index (κ2) is 6.77. The fourth-order valence-corrected chi connectivity index (χ4v) is 3.24. The van der Waals surface area contributed by atoms with Crippen LogP contribution in [-0.2, 0) is 0 Å². The summed E-state index contributed by atoms with van der Waals surface area (Å²) in [6, 6.07) is 6.39. The van der Waals surface area contributed by atoms with Crippen molar-refractivity contribution in [2.45, 2.75) is 39.2 Å². The van der Waals surface area contributed by atoms with Crippen molar-refractivity contribution in [2.24, 2.45) is 11.7 Å². The highest BCUT2D eigenvalue weighted by Crippen LogP contribution is 2.28. The monoisotopic (exact) mass is 347 g/mol. The Bertz CT molecular complexity index is 314. The van der Waals surface area contributed by atoms with E-state index in [1.807, 2.05) is 6.07 Å². The van der Waals surface area contributed by atoms with Crippen molar-refractivity contribution < 1.29 is 0 Å². The van der Waals surface area contributed by atoms with E-state index in [2.05, 4.69) is 57.8 Å². The predicted molar refractivity (Wildman–Crippen MR) is 77.5 cm³/mol. The summed E-state index contributed by atoms with van der Waals surface area (Å²) in [6.07, 6.45) is 3.48. The van der Waals surface area contributed by atoms with Crippen molar-refractivity contribution in [1.29, 1.82) is 0 Å². The minimum atomic E-state index is 0.138. The zero-order chi connectivity index (χ0) is 12.1. The highest BCUT2D eigenvalue weighted by Gasteiger charge is 2.13. The molecule has 3 heteroatoms. The molecule has 0 bridgehead atoms. The Hall–Kier alpha value is 0.140. The molecule has 0 radical (unpaired) electrons. The Morgan fingerprint density at radius 3 is 2.00 bits per heavy atom. The van der Waals surface area contributed by atoms with E-state index in [-0.39, 0.29) is 6.04 Å². The molecule has 0 heterocycles. The summed E-state index contributed by atoms with van der Waals surface area (Å²) in [6.45, 7) is 4.47. The largest absolute Gasteiger partial charge is 0.324 e. The molecule has 16 heavy (non-hydrogen) atoms. The van der Waals surface area contributed by atoms with Crippen LogP contribution in [0.1, 0.15) is 44.7 Å². The average Bonchev–Trinajstić information content (AvgIpc) is 2.24. The van der Waals surface area contributed by atoms with Crippen LogP contribution in [0.2, 0.25) is 0 Å². The molecule has 0 aromatic heterocycles. The van der Waals surface area contributed by atoms with Gasteiger partial charge in [0.2, 0.25) is 0 Å². The highest BCUT2D eigenvalue weighted by atomic mass is 79.9. The summed E-state index contributed by atoms with van der Waals surface area (Å²) >= 11 is 6.99. The molecule has 0 saturated heterocycles. The standard InChI is InChI=1S/C13H19Br2N/c1-3-9(4-2)5-13(16)10-6-11(14)8-12(15)7-10/h6-9,13H,3-5,16H2,1-2H3. The first-order chi connectivity index (χ1) is 7.56. The summed E-state index contributed by atoms with van der Waals surface area (Å²) in [5.41, 5.74) is 7.45. The van der Waals surface area contributed by atoms with E-state index >= 15 is 0 Å². The van der Waals surface area contributed by atoms with E-state index in [9.17, 15) is 0 Å². The van der Waals surface area contributed by atoms with Gasteiger partial charge in [0, 0.05) is 15.0 Å². The van der Waals surface area contributed by atoms with Crippen LogP contribution in [0.15, 0.2) is 27.1 Å². The van der Waals surface area contributed by atoms with E-state index in [0.717, 1.165) is 21.3 Å². The molecular weight excluding hydrogens is 330 g/mol. The first kappa shape index (κ1) is 14.2. The number of hydrogen-bond acceptors (Lipinski definition) is 1. The minimum Gasteiger partial charge on any atom is -0.324 e. The number of nitrogens with two attached hydrogens (primary N) is 1. The molecule has 0 saturated carbocycles. The van der Waals surface area contributed by atoms with E-state index in [1.54, 1.807) is 0 Å². The third kappa shape index (κ3) is 4.19. The number of benzene rings is 1. The van der Waals surface area contributed by atoms with Gasteiger partial charge in [0.25, 0.3) is 0 Å². The maximum absolute atomic E-state index is 6.24. The molecule has 2 N–H and O–H groups in total. The van der Waals surface area contributed by atoms with Gasteiger partial charge < -0.3 is 5.73 Å². The Balaban J connectivity index is 2.75. The Kier molecular flexibility index (Phi) is 6.01. The molecule has 0 fully saturated rings. The van der Waals surface area contributed by atoms with Crippen molar-refractivity contribution in [2.75, 3.05) is 0 Å². The van der Waals surface area contributed by atoms with Crippen molar-refractivity contribution in [3.05, 3.63) is 32.7 Å². The van der Waals surface area contributed by atoms with Crippen molar-refractivity contribution in [3.8, 4) is 0 Å². The summed E-state index contributed by atoms with van der Waals surface area (Å²) < 4.78 is 2.16. The van der Waals surface area contributed by atoms with Crippen molar-refractivity contribution in [3.63, 3.8) is 0 Å². The first-order valence-corrected chi connectivity index (χ1v) is 7.37. The van der Waals surface area contributed by atoms with Gasteiger partial charge in [0.15, 0.2) is 0 Å². The lowest BCUT2D eigenvalue weighted by Gasteiger charge is -2.19. The molecule has 1 aromatic rings. The van der Waals surface area contributed by atoms with Crippen LogP contribution < -0.4 is 5.73 Å². The molecule has 0 amide bonds. The number of rotatable bonds is 5. The molecule has 0 aliphatic rings. The van der Waals surface area contributed by atoms with Gasteiger partial charge in [-0.05, 0) is 36.1 Å². The van der Waals surface area contributed by atoms with Gasteiger partial charge in [0.05, 0.1) is 0 Å². The van der Waals surface area contributed by atoms with Crippen molar-refractivity contribution in [1.82, 2.24) is 0 Å². The van der Waals surface area contributed by atoms with Gasteiger partial charge in [-0.1, -0.05) is 58.5 Å². The molecule has 90 valence electrons. The molecule has 1 nitrogen and oxygen atoms in total. The second-order valence-electron chi connectivity index (χ2n) is 4.23. The van der Waals surface area contributed by atoms with Gasteiger partial charge in [-0.15, -0.1) is 0 Å². The maximum atomic E-state index is 6.24. The van der Waals surface area contributed by atoms with Crippen LogP contribution in [0.25, 0.3) is 0 Å². The molecule has 0 aliphatic heterocycles. The first-order valence-electron chi connectivity index (χ1n) is 5.78. The quantitative estimate of drug-likeness (QED) is 0.792. The summed E-state index contributed by atoms with van der Waals surface area (Å²) in [5, 5.41) is 0. The lowest BCUT2D eigenvalue weighted by atomic mass is 9.92. The molecule has 1 unspecified atom stereocenters. The van der Waals surface area contributed by atoms with Crippen LogP contribution in [0.3, 0.4) is 0 Å². The maximum Gasteiger partial charge on any atom is 0.0298 e. The number of hydrogen-bond donors (Lipinski definition) is 1. The van der Waals surface area contributed by atoms with Crippen LogP contribution in [0.4, 0.5) is 0 Å². The average molecular weight is 349 g/mol. The Morgan fingerprint density at radius 2 is 1.56 bits per heavy atom. The molecule has 1 rings (SSSR count). The van der Waals surface area contributed by atoms with Gasteiger partial charge >= 0.3 is 0 Å². The van der Waals surface area contributed by atoms with E-state index in [4.69, 9.17) is 5.73 Å². The zero-order valence-electron chi connectivity index (χ0n) is 9.84. The normalized spacial score (nSPS) is 13.1. The summed E-state index contributed by atoms with van der Waals surface area (Å²) in [4.78, 5) is 0. The van der Waals surface area contributed by atoms with Gasteiger partial charge in [0.1, 0.15) is 0 Å². The SMILES string of the molecule is CCC(CC)CC(N)c1cc(Br)cc(Br)c1. The lowest BCUT2D eigenvalue weighted by Crippen LogP contribution is -2.15. The van der Waals surface area contributed by atoms with Crippen LogP contribution in [0.5, 0.6) is 0 Å². The van der Waals surface area contributed by atoms with Crippen LogP contribution in [-0.4, -0.2) is 0 Å². The minimum absolute atomic E-state index is 0.138. The van der Waals surface area contributed by atoms with Gasteiger partial charge in [-0.3, -0.25) is 0 Å². The fraction of sp³-hybridized carbons (Fsp3) is 0.538. The molecule has 0 spiro atoms. The predicted octanol–water partition coefficient (Wildman–Crippen LogP) is 5.04. The van der Waals surface area contributed by atoms with E-state index in [1.165, 1.54) is 18.4 Å². The van der Waals surface area contributed by atoms with Crippen LogP contribution >= 0.6 is 31.9 Å². The van der Waals surface area contributed by atoms with E-state index in [0.29, 0.717) is 0 Å². The van der Waals surface area contributed by atoms with Gasteiger partial charge in [-0.25, -0.2) is 0 Å². The molecule has 1 aromatic carbocycles. The Morgan fingerprint density at radius 1 is 1.06 bits per heavy atom. The topological polar surface area (TPSA) is 26.0 Å².